The second kappa shape index (κ2) is 8.78. The van der Waals surface area contributed by atoms with Crippen molar-refractivity contribution in [2.24, 2.45) is 0 Å². The number of thiazole rings is 1. The predicted octanol–water partition coefficient (Wildman–Crippen LogP) is 2.08. The third-order valence-electron chi connectivity index (χ3n) is 2.79. The first-order chi connectivity index (χ1) is 11.6. The monoisotopic (exact) mass is 348 g/mol. The van der Waals surface area contributed by atoms with Crippen LogP contribution in [0.5, 0.6) is 5.75 Å². The Morgan fingerprint density at radius 3 is 2.96 bits per heavy atom. The van der Waals surface area contributed by atoms with Gasteiger partial charge in [-0.1, -0.05) is 12.1 Å². The molecule has 1 amide bonds. The number of benzene rings is 1. The van der Waals surface area contributed by atoms with Crippen LogP contribution in [0, 0.1) is 0 Å². The van der Waals surface area contributed by atoms with Crippen LogP contribution in [0.3, 0.4) is 0 Å². The molecule has 0 atom stereocenters. The Kier molecular flexibility index (Phi) is 6.44. The second-order valence-electron chi connectivity index (χ2n) is 4.65. The van der Waals surface area contributed by atoms with Gasteiger partial charge in [0.1, 0.15) is 12.0 Å². The number of aldehydes is 1. The number of nitrogens with zero attached hydrogens (tertiary/aromatic N) is 1. The van der Waals surface area contributed by atoms with Crippen LogP contribution in [0.25, 0.3) is 0 Å². The van der Waals surface area contributed by atoms with Crippen molar-refractivity contribution in [1.82, 2.24) is 4.98 Å². The van der Waals surface area contributed by atoms with E-state index in [1.165, 1.54) is 11.3 Å². The summed E-state index contributed by atoms with van der Waals surface area (Å²) in [6, 6.07) is 6.50. The molecule has 0 radical (unpaired) electrons. The van der Waals surface area contributed by atoms with Crippen LogP contribution in [-0.4, -0.2) is 36.4 Å². The Balaban J connectivity index is 1.83. The van der Waals surface area contributed by atoms with Gasteiger partial charge in [0.05, 0.1) is 18.7 Å². The molecule has 0 unspecified atom stereocenters. The summed E-state index contributed by atoms with van der Waals surface area (Å²) in [7, 11) is 0. The van der Waals surface area contributed by atoms with Gasteiger partial charge in [-0.2, -0.15) is 0 Å². The van der Waals surface area contributed by atoms with Gasteiger partial charge < -0.3 is 9.47 Å². The maximum atomic E-state index is 11.8. The molecule has 0 bridgehead atoms. The number of hydrogen-bond acceptors (Lipinski definition) is 7. The average Bonchev–Trinajstić information content (AvgIpc) is 3.00. The van der Waals surface area contributed by atoms with Crippen LogP contribution in [0.2, 0.25) is 0 Å². The van der Waals surface area contributed by atoms with E-state index in [1.54, 1.807) is 36.6 Å². The zero-order chi connectivity index (χ0) is 17.4. The number of ether oxygens (including phenoxy) is 2. The zero-order valence-electron chi connectivity index (χ0n) is 13.0. The van der Waals surface area contributed by atoms with E-state index < -0.39 is 0 Å². The predicted molar refractivity (Wildman–Crippen MR) is 88.4 cm³/mol. The summed E-state index contributed by atoms with van der Waals surface area (Å²) in [4.78, 5) is 38.0. The first kappa shape index (κ1) is 17.6. The van der Waals surface area contributed by atoms with E-state index in [0.717, 1.165) is 0 Å². The summed E-state index contributed by atoms with van der Waals surface area (Å²) >= 11 is 1.21. The Bertz CT molecular complexity index is 729. The van der Waals surface area contributed by atoms with Gasteiger partial charge in [0.15, 0.2) is 11.7 Å². The van der Waals surface area contributed by atoms with Crippen molar-refractivity contribution < 1.29 is 23.9 Å². The third kappa shape index (κ3) is 5.47. The molecule has 1 heterocycles. The molecule has 2 rings (SSSR count). The fraction of sp³-hybridized carbons (Fsp3) is 0.250. The topological polar surface area (TPSA) is 94.6 Å². The molecular weight excluding hydrogens is 332 g/mol. The number of aromatic nitrogens is 1. The normalized spacial score (nSPS) is 10.0. The first-order valence-electron chi connectivity index (χ1n) is 7.18. The highest BCUT2D eigenvalue weighted by atomic mass is 32.1. The van der Waals surface area contributed by atoms with Gasteiger partial charge in [-0.25, -0.2) is 4.98 Å². The van der Waals surface area contributed by atoms with Gasteiger partial charge in [-0.05, 0) is 19.1 Å². The van der Waals surface area contributed by atoms with Crippen LogP contribution in [0.4, 0.5) is 5.13 Å². The van der Waals surface area contributed by atoms with E-state index in [-0.39, 0.29) is 24.9 Å². The van der Waals surface area contributed by atoms with Crippen LogP contribution in [-0.2, 0) is 20.7 Å². The number of carbonyl (C=O) groups excluding carboxylic acids is 3. The highest BCUT2D eigenvalue weighted by Gasteiger charge is 2.11. The molecule has 1 N–H and O–H groups in total. The summed E-state index contributed by atoms with van der Waals surface area (Å²) in [6.45, 7) is 1.83. The molecule has 0 saturated heterocycles. The fourth-order valence-electron chi connectivity index (χ4n) is 1.79. The van der Waals surface area contributed by atoms with Crippen LogP contribution in [0.1, 0.15) is 23.0 Å². The van der Waals surface area contributed by atoms with Gasteiger partial charge in [-0.3, -0.25) is 19.7 Å². The third-order valence-corrected chi connectivity index (χ3v) is 3.60. The van der Waals surface area contributed by atoms with Crippen LogP contribution < -0.4 is 10.1 Å². The first-order valence-corrected chi connectivity index (χ1v) is 8.06. The number of amides is 1. The number of carbonyl (C=O) groups is 3. The summed E-state index contributed by atoms with van der Waals surface area (Å²) in [5.41, 5.74) is 1.00. The largest absolute Gasteiger partial charge is 0.484 e. The van der Waals surface area contributed by atoms with E-state index in [4.69, 9.17) is 9.47 Å². The molecule has 0 aliphatic rings. The van der Waals surface area contributed by atoms with E-state index in [2.05, 4.69) is 10.3 Å². The summed E-state index contributed by atoms with van der Waals surface area (Å²) in [5, 5.41) is 4.65. The number of anilines is 1. The molecule has 7 nitrogen and oxygen atoms in total. The van der Waals surface area contributed by atoms with Gasteiger partial charge in [-0.15, -0.1) is 11.3 Å². The summed E-state index contributed by atoms with van der Waals surface area (Å²) < 4.78 is 10.2. The van der Waals surface area contributed by atoms with Gasteiger partial charge in [0.2, 0.25) is 0 Å². The van der Waals surface area contributed by atoms with E-state index in [9.17, 15) is 14.4 Å². The molecule has 8 heteroatoms. The van der Waals surface area contributed by atoms with E-state index in [1.807, 2.05) is 0 Å². The maximum absolute atomic E-state index is 11.8. The number of hydrogen-bond donors (Lipinski definition) is 1. The molecule has 2 aromatic rings. The van der Waals surface area contributed by atoms with Crippen molar-refractivity contribution in [3.05, 3.63) is 40.9 Å². The van der Waals surface area contributed by atoms with E-state index >= 15 is 0 Å². The summed E-state index contributed by atoms with van der Waals surface area (Å²) in [5.74, 6) is -0.320. The minimum absolute atomic E-state index is 0.0647. The number of esters is 1. The Morgan fingerprint density at radius 2 is 2.21 bits per heavy atom. The van der Waals surface area contributed by atoms with Crippen molar-refractivity contribution >= 4 is 34.6 Å². The number of rotatable bonds is 8. The molecule has 0 aliphatic carbocycles. The second-order valence-corrected chi connectivity index (χ2v) is 5.51. The van der Waals surface area contributed by atoms with Crippen molar-refractivity contribution in [2.75, 3.05) is 18.5 Å². The lowest BCUT2D eigenvalue weighted by Crippen LogP contribution is -2.20. The van der Waals surface area contributed by atoms with Crippen molar-refractivity contribution in [2.45, 2.75) is 13.3 Å². The summed E-state index contributed by atoms with van der Waals surface area (Å²) in [6.07, 6.45) is 0.767. The molecule has 126 valence electrons. The lowest BCUT2D eigenvalue weighted by Gasteiger charge is -2.06. The maximum Gasteiger partial charge on any atom is 0.311 e. The van der Waals surface area contributed by atoms with Crippen molar-refractivity contribution in [1.29, 1.82) is 0 Å². The highest BCUT2D eigenvalue weighted by molar-refractivity contribution is 7.13. The smallest absolute Gasteiger partial charge is 0.311 e. The van der Waals surface area contributed by atoms with Crippen LogP contribution >= 0.6 is 11.3 Å². The van der Waals surface area contributed by atoms with Gasteiger partial charge in [0.25, 0.3) is 5.91 Å². The number of nitrogens with one attached hydrogen (secondary N) is 1. The molecule has 1 aromatic heterocycles. The minimum atomic E-state index is -0.386. The van der Waals surface area contributed by atoms with Gasteiger partial charge >= 0.3 is 5.97 Å². The molecule has 0 saturated carbocycles. The lowest BCUT2D eigenvalue weighted by atomic mass is 10.2. The van der Waals surface area contributed by atoms with Crippen molar-refractivity contribution in [3.63, 3.8) is 0 Å². The van der Waals surface area contributed by atoms with Gasteiger partial charge in [0, 0.05) is 10.9 Å². The van der Waals surface area contributed by atoms with Crippen molar-refractivity contribution in [3.8, 4) is 5.75 Å². The molecule has 0 fully saturated rings. The molecule has 0 aliphatic heterocycles. The minimum Gasteiger partial charge on any atom is -0.484 e. The molecule has 1 aromatic carbocycles. The quantitative estimate of drug-likeness (QED) is 0.580. The molecule has 24 heavy (non-hydrogen) atoms. The lowest BCUT2D eigenvalue weighted by molar-refractivity contribution is -0.142. The Morgan fingerprint density at radius 1 is 1.38 bits per heavy atom. The highest BCUT2D eigenvalue weighted by Crippen LogP contribution is 2.16. The molecular formula is C16H16N2O5S. The SMILES string of the molecule is CCOC(=O)Cc1csc(NC(=O)COc2cccc(C=O)c2)n1. The fourth-order valence-corrected chi connectivity index (χ4v) is 2.51. The van der Waals surface area contributed by atoms with Crippen LogP contribution in [0.15, 0.2) is 29.6 Å². The standard InChI is InChI=1S/C16H16N2O5S/c1-2-22-15(21)7-12-10-24-16(17-12)18-14(20)9-23-13-5-3-4-11(6-13)8-19/h3-6,8,10H,2,7,9H2,1H3,(H,17,18,20). The average molecular weight is 348 g/mol. The van der Waals surface area contributed by atoms with E-state index in [0.29, 0.717) is 35.0 Å². The molecule has 0 spiro atoms. The Hall–Kier alpha value is -2.74. The Labute approximate surface area is 142 Å². The zero-order valence-corrected chi connectivity index (χ0v) is 13.8.